The van der Waals surface area contributed by atoms with E-state index in [2.05, 4.69) is 25.2 Å². The fraction of sp³-hybridized carbons (Fsp3) is 0.333. The lowest BCUT2D eigenvalue weighted by molar-refractivity contribution is 0.458. The molecule has 1 unspecified atom stereocenters. The summed E-state index contributed by atoms with van der Waals surface area (Å²) in [6.07, 6.45) is 1.91. The van der Waals surface area contributed by atoms with Gasteiger partial charge in [-0.1, -0.05) is 43.6 Å². The lowest BCUT2D eigenvalue weighted by Crippen LogP contribution is -2.15. The van der Waals surface area contributed by atoms with Crippen molar-refractivity contribution in [2.75, 3.05) is 7.05 Å². The Morgan fingerprint density at radius 3 is 2.57 bits per heavy atom. The molecule has 0 saturated heterocycles. The van der Waals surface area contributed by atoms with Gasteiger partial charge in [-0.2, -0.15) is 0 Å². The van der Waals surface area contributed by atoms with E-state index in [1.54, 1.807) is 0 Å². The summed E-state index contributed by atoms with van der Waals surface area (Å²) in [4.78, 5) is 0. The molecule has 0 aliphatic heterocycles. The van der Waals surface area contributed by atoms with E-state index in [-0.39, 0.29) is 0 Å². The van der Waals surface area contributed by atoms with E-state index < -0.39 is 0 Å². The first-order valence-electron chi connectivity index (χ1n) is 7.42. The third-order valence-corrected chi connectivity index (χ3v) is 4.05. The van der Waals surface area contributed by atoms with E-state index in [9.17, 15) is 0 Å². The summed E-state index contributed by atoms with van der Waals surface area (Å²) in [5.41, 5.74) is 2.28. The lowest BCUT2D eigenvalue weighted by atomic mass is 10.0. The minimum Gasteiger partial charge on any atom is -0.457 e. The number of ether oxygens (including phenoxy) is 1. The van der Waals surface area contributed by atoms with Crippen LogP contribution in [0.15, 0.2) is 42.5 Å². The molecule has 0 spiro atoms. The van der Waals surface area contributed by atoms with E-state index in [1.807, 2.05) is 43.4 Å². The van der Waals surface area contributed by atoms with Crippen LogP contribution in [0.1, 0.15) is 37.4 Å². The molecule has 21 heavy (non-hydrogen) atoms. The van der Waals surface area contributed by atoms with Gasteiger partial charge in [-0.3, -0.25) is 0 Å². The van der Waals surface area contributed by atoms with E-state index in [1.165, 1.54) is 5.56 Å². The third-order valence-electron chi connectivity index (χ3n) is 3.68. The number of halogens is 1. The molecule has 0 radical (unpaired) electrons. The Hall–Kier alpha value is -1.51. The summed E-state index contributed by atoms with van der Waals surface area (Å²) in [6.45, 7) is 4.25. The Morgan fingerprint density at radius 2 is 1.90 bits per heavy atom. The highest BCUT2D eigenvalue weighted by molar-refractivity contribution is 6.31. The van der Waals surface area contributed by atoms with Gasteiger partial charge < -0.3 is 10.1 Å². The number of para-hydroxylation sites is 1. The molecule has 0 aliphatic rings. The van der Waals surface area contributed by atoms with Crippen molar-refractivity contribution in [2.24, 2.45) is 0 Å². The van der Waals surface area contributed by atoms with Crippen LogP contribution in [0.25, 0.3) is 0 Å². The maximum absolute atomic E-state index is 6.16. The maximum atomic E-state index is 6.16. The molecule has 0 heterocycles. The van der Waals surface area contributed by atoms with Crippen LogP contribution in [-0.2, 0) is 6.42 Å². The van der Waals surface area contributed by atoms with Crippen molar-refractivity contribution in [1.82, 2.24) is 5.32 Å². The predicted octanol–water partition coefficient (Wildman–Crippen LogP) is 5.37. The van der Waals surface area contributed by atoms with Crippen molar-refractivity contribution >= 4 is 11.6 Å². The zero-order valence-electron chi connectivity index (χ0n) is 12.8. The second-order valence-corrected chi connectivity index (χ2v) is 5.40. The first-order valence-corrected chi connectivity index (χ1v) is 7.79. The normalized spacial score (nSPS) is 12.2. The number of hydrogen-bond acceptors (Lipinski definition) is 2. The van der Waals surface area contributed by atoms with Crippen LogP contribution in [0.2, 0.25) is 5.02 Å². The molecule has 112 valence electrons. The predicted molar refractivity (Wildman–Crippen MR) is 89.4 cm³/mol. The third kappa shape index (κ3) is 3.78. The number of aryl methyl sites for hydroxylation is 1. The number of benzene rings is 2. The Bertz CT molecular complexity index is 594. The first-order chi connectivity index (χ1) is 10.2. The standard InChI is InChI=1S/C18H22ClNO/c1-4-13-12-14(10-11-16(13)19)21-18-9-7-6-8-15(18)17(5-2)20-3/h6-12,17,20H,4-5H2,1-3H3. The summed E-state index contributed by atoms with van der Waals surface area (Å²) in [6, 6.07) is 14.3. The topological polar surface area (TPSA) is 21.3 Å². The van der Waals surface area contributed by atoms with Gasteiger partial charge in [-0.05, 0) is 49.7 Å². The molecule has 2 rings (SSSR count). The summed E-state index contributed by atoms with van der Waals surface area (Å²) in [5.74, 6) is 1.72. The highest BCUT2D eigenvalue weighted by Crippen LogP contribution is 2.32. The zero-order valence-corrected chi connectivity index (χ0v) is 13.6. The minimum atomic E-state index is 0.291. The van der Waals surface area contributed by atoms with Gasteiger partial charge in [0, 0.05) is 16.6 Å². The highest BCUT2D eigenvalue weighted by Gasteiger charge is 2.13. The molecule has 2 nitrogen and oxygen atoms in total. The molecule has 2 aromatic rings. The van der Waals surface area contributed by atoms with E-state index >= 15 is 0 Å². The van der Waals surface area contributed by atoms with Gasteiger partial charge in [0.25, 0.3) is 0 Å². The Labute approximate surface area is 132 Å². The SMILES string of the molecule is CCc1cc(Oc2ccccc2C(CC)NC)ccc1Cl. The van der Waals surface area contributed by atoms with Gasteiger partial charge in [0.05, 0.1) is 0 Å². The molecule has 0 saturated carbocycles. The second-order valence-electron chi connectivity index (χ2n) is 5.00. The summed E-state index contributed by atoms with van der Waals surface area (Å²) in [7, 11) is 1.97. The van der Waals surface area contributed by atoms with Gasteiger partial charge in [-0.25, -0.2) is 0 Å². The van der Waals surface area contributed by atoms with Crippen LogP contribution in [0, 0.1) is 0 Å². The van der Waals surface area contributed by atoms with E-state index in [0.29, 0.717) is 6.04 Å². The molecule has 1 atom stereocenters. The fourth-order valence-electron chi connectivity index (χ4n) is 2.45. The number of nitrogens with one attached hydrogen (secondary N) is 1. The summed E-state index contributed by atoms with van der Waals surface area (Å²) >= 11 is 6.16. The van der Waals surface area contributed by atoms with Gasteiger partial charge in [0.1, 0.15) is 11.5 Å². The Morgan fingerprint density at radius 1 is 1.14 bits per heavy atom. The number of rotatable bonds is 6. The van der Waals surface area contributed by atoms with Crippen LogP contribution in [0.4, 0.5) is 0 Å². The van der Waals surface area contributed by atoms with E-state index in [4.69, 9.17) is 16.3 Å². The molecule has 3 heteroatoms. The highest BCUT2D eigenvalue weighted by atomic mass is 35.5. The van der Waals surface area contributed by atoms with Crippen LogP contribution < -0.4 is 10.1 Å². The maximum Gasteiger partial charge on any atom is 0.132 e. The fourth-order valence-corrected chi connectivity index (χ4v) is 2.70. The van der Waals surface area contributed by atoms with Crippen LogP contribution in [0.5, 0.6) is 11.5 Å². The van der Waals surface area contributed by atoms with Crippen LogP contribution in [-0.4, -0.2) is 7.05 Å². The van der Waals surface area contributed by atoms with Crippen molar-refractivity contribution in [3.8, 4) is 11.5 Å². The van der Waals surface area contributed by atoms with Gasteiger partial charge >= 0.3 is 0 Å². The average molecular weight is 304 g/mol. The molecule has 1 N–H and O–H groups in total. The smallest absolute Gasteiger partial charge is 0.132 e. The largest absolute Gasteiger partial charge is 0.457 e. The molecule has 0 aromatic heterocycles. The quantitative estimate of drug-likeness (QED) is 0.775. The average Bonchev–Trinajstić information content (AvgIpc) is 2.52. The Kier molecular flexibility index (Phi) is 5.66. The minimum absolute atomic E-state index is 0.291. The van der Waals surface area contributed by atoms with Gasteiger partial charge in [0.15, 0.2) is 0 Å². The lowest BCUT2D eigenvalue weighted by Gasteiger charge is -2.19. The van der Waals surface area contributed by atoms with E-state index in [0.717, 1.165) is 34.9 Å². The first kappa shape index (κ1) is 15.9. The van der Waals surface area contributed by atoms with Crippen molar-refractivity contribution < 1.29 is 4.74 Å². The van der Waals surface area contributed by atoms with Crippen LogP contribution in [0.3, 0.4) is 0 Å². The molecular weight excluding hydrogens is 282 g/mol. The zero-order chi connectivity index (χ0) is 15.2. The van der Waals surface area contributed by atoms with Gasteiger partial charge in [0.2, 0.25) is 0 Å². The molecule has 0 bridgehead atoms. The van der Waals surface area contributed by atoms with Gasteiger partial charge in [-0.15, -0.1) is 0 Å². The summed E-state index contributed by atoms with van der Waals surface area (Å²) in [5, 5.41) is 4.12. The molecular formula is C18H22ClNO. The monoisotopic (exact) mass is 303 g/mol. The van der Waals surface area contributed by atoms with Crippen molar-refractivity contribution in [2.45, 2.75) is 32.7 Å². The molecule has 0 fully saturated rings. The van der Waals surface area contributed by atoms with Crippen molar-refractivity contribution in [1.29, 1.82) is 0 Å². The van der Waals surface area contributed by atoms with Crippen LogP contribution >= 0.6 is 11.6 Å². The van der Waals surface area contributed by atoms with Crippen molar-refractivity contribution in [3.05, 3.63) is 58.6 Å². The molecule has 0 aliphatic carbocycles. The molecule has 0 amide bonds. The molecule has 2 aromatic carbocycles. The number of hydrogen-bond donors (Lipinski definition) is 1. The van der Waals surface area contributed by atoms with Crippen molar-refractivity contribution in [3.63, 3.8) is 0 Å². The summed E-state index contributed by atoms with van der Waals surface area (Å²) < 4.78 is 6.09. The Balaban J connectivity index is 2.31. The second kappa shape index (κ2) is 7.48.